The molecule has 0 radical (unpaired) electrons. The molecule has 1 fully saturated rings. The number of piperidine rings is 1. The number of rotatable bonds is 8. The fraction of sp³-hybridized carbons (Fsp3) is 0.286. The summed E-state index contributed by atoms with van der Waals surface area (Å²) in [5.74, 6) is -0.461. The highest BCUT2D eigenvalue weighted by Gasteiger charge is 2.26. The first-order chi connectivity index (χ1) is 21.3. The van der Waals surface area contributed by atoms with Gasteiger partial charge >= 0.3 is 0 Å². The summed E-state index contributed by atoms with van der Waals surface area (Å²) in [6, 6.07) is 20.5. The van der Waals surface area contributed by atoms with Crippen LogP contribution in [-0.4, -0.2) is 75.3 Å². The Kier molecular flexibility index (Phi) is 8.30. The number of aromatic nitrogens is 3. The molecule has 2 amide bonds. The Bertz CT molecular complexity index is 1850. The second-order valence-corrected chi connectivity index (χ2v) is 11.8. The predicted octanol–water partition coefficient (Wildman–Crippen LogP) is 5.29. The minimum Gasteiger partial charge on any atom is -0.348 e. The van der Waals surface area contributed by atoms with Gasteiger partial charge in [0.1, 0.15) is 17.2 Å². The molecule has 3 aromatic heterocycles. The Morgan fingerprint density at radius 2 is 1.89 bits per heavy atom. The van der Waals surface area contributed by atoms with Crippen LogP contribution in [0.2, 0.25) is 0 Å². The van der Waals surface area contributed by atoms with Crippen molar-refractivity contribution in [1.29, 1.82) is 0 Å². The standard InChI is InChI=1S/C35H37FN6O2/c1-24-34(31-20-26-8-4-5-10-30(26)42(31)22-25-12-14-28(36)15-13-25)38-32-21-27(16-19-41(24)32)35(44)40-18-6-9-29(23-40)37-33(43)11-7-17-39(2)3/h4-5,7-8,10-16,19-21,29H,6,9,17-18,22-23H2,1-3H3,(H,37,43)/b11-7+. The molecule has 1 N–H and O–H groups in total. The van der Waals surface area contributed by atoms with Gasteiger partial charge in [0, 0.05) is 66.7 Å². The van der Waals surface area contributed by atoms with Gasteiger partial charge in [-0.1, -0.05) is 36.4 Å². The van der Waals surface area contributed by atoms with Crippen molar-refractivity contribution in [3.63, 3.8) is 0 Å². The van der Waals surface area contributed by atoms with Crippen molar-refractivity contribution >= 4 is 28.4 Å². The van der Waals surface area contributed by atoms with Crippen LogP contribution >= 0.6 is 0 Å². The molecule has 1 aliphatic heterocycles. The number of benzene rings is 2. The van der Waals surface area contributed by atoms with Crippen molar-refractivity contribution in [2.45, 2.75) is 32.4 Å². The van der Waals surface area contributed by atoms with E-state index in [2.05, 4.69) is 28.1 Å². The Morgan fingerprint density at radius 1 is 1.09 bits per heavy atom. The highest BCUT2D eigenvalue weighted by molar-refractivity contribution is 5.95. The van der Waals surface area contributed by atoms with E-state index in [1.165, 1.54) is 12.1 Å². The van der Waals surface area contributed by atoms with Crippen molar-refractivity contribution in [3.8, 4) is 11.4 Å². The van der Waals surface area contributed by atoms with E-state index in [9.17, 15) is 14.0 Å². The SMILES string of the molecule is Cc1c(-c2cc3ccccc3n2Cc2ccc(F)cc2)nc2cc(C(=O)N3CCCC(NC(=O)/C=C/CN(C)C)C3)ccn12. The molecule has 8 nitrogen and oxygen atoms in total. The molecule has 0 spiro atoms. The topological polar surface area (TPSA) is 74.9 Å². The van der Waals surface area contributed by atoms with Crippen LogP contribution in [0.25, 0.3) is 27.9 Å². The molecule has 0 saturated carbocycles. The summed E-state index contributed by atoms with van der Waals surface area (Å²) in [5.41, 5.74) is 6.07. The van der Waals surface area contributed by atoms with Crippen LogP contribution in [0, 0.1) is 12.7 Å². The fourth-order valence-corrected chi connectivity index (χ4v) is 5.97. The first-order valence-corrected chi connectivity index (χ1v) is 15.0. The van der Waals surface area contributed by atoms with E-state index in [1.807, 2.05) is 71.8 Å². The Labute approximate surface area is 256 Å². The molecule has 44 heavy (non-hydrogen) atoms. The number of aryl methyl sites for hydroxylation is 1. The molecule has 0 aliphatic carbocycles. The second kappa shape index (κ2) is 12.5. The van der Waals surface area contributed by atoms with Crippen molar-refractivity contribution in [2.24, 2.45) is 0 Å². The lowest BCUT2D eigenvalue weighted by molar-refractivity contribution is -0.117. The van der Waals surface area contributed by atoms with E-state index in [1.54, 1.807) is 18.2 Å². The number of likely N-dealkylation sites (N-methyl/N-ethyl adjacent to an activating group) is 1. The summed E-state index contributed by atoms with van der Waals surface area (Å²) in [6.07, 6.45) is 6.96. The van der Waals surface area contributed by atoms with E-state index < -0.39 is 0 Å². The van der Waals surface area contributed by atoms with Gasteiger partial charge < -0.3 is 24.1 Å². The number of para-hydroxylation sites is 1. The minimum atomic E-state index is -0.259. The molecular weight excluding hydrogens is 555 g/mol. The van der Waals surface area contributed by atoms with Crippen LogP contribution in [0.1, 0.15) is 34.5 Å². The van der Waals surface area contributed by atoms with Crippen molar-refractivity contribution in [2.75, 3.05) is 33.7 Å². The Morgan fingerprint density at radius 3 is 2.68 bits per heavy atom. The van der Waals surface area contributed by atoms with E-state index in [0.29, 0.717) is 37.4 Å². The number of hydrogen-bond donors (Lipinski definition) is 1. The summed E-state index contributed by atoms with van der Waals surface area (Å²) in [7, 11) is 3.90. The minimum absolute atomic E-state index is 0.0674. The average molecular weight is 593 g/mol. The maximum atomic E-state index is 13.6. The summed E-state index contributed by atoms with van der Waals surface area (Å²) in [6.45, 7) is 4.41. The van der Waals surface area contributed by atoms with Gasteiger partial charge in [-0.25, -0.2) is 9.37 Å². The van der Waals surface area contributed by atoms with Gasteiger partial charge in [0.05, 0.1) is 5.69 Å². The number of carbonyl (C=O) groups excluding carboxylic acids is 2. The predicted molar refractivity (Wildman–Crippen MR) is 171 cm³/mol. The number of hydrogen-bond acceptors (Lipinski definition) is 4. The number of carbonyl (C=O) groups is 2. The largest absolute Gasteiger partial charge is 0.348 e. The lowest BCUT2D eigenvalue weighted by Gasteiger charge is -2.33. The monoisotopic (exact) mass is 592 g/mol. The molecule has 1 aliphatic rings. The summed E-state index contributed by atoms with van der Waals surface area (Å²) in [5, 5.41) is 4.14. The average Bonchev–Trinajstić information content (AvgIpc) is 3.54. The maximum absolute atomic E-state index is 13.6. The number of imidazole rings is 1. The number of pyridine rings is 1. The van der Waals surface area contributed by atoms with Crippen LogP contribution in [0.4, 0.5) is 4.39 Å². The smallest absolute Gasteiger partial charge is 0.254 e. The van der Waals surface area contributed by atoms with Crippen LogP contribution in [0.15, 0.2) is 85.1 Å². The van der Waals surface area contributed by atoms with Gasteiger partial charge in [0.25, 0.3) is 5.91 Å². The Balaban J connectivity index is 1.25. The number of amides is 2. The second-order valence-electron chi connectivity index (χ2n) is 11.8. The highest BCUT2D eigenvalue weighted by atomic mass is 19.1. The van der Waals surface area contributed by atoms with E-state index in [4.69, 9.17) is 4.98 Å². The molecule has 5 aromatic rings. The third-order valence-electron chi connectivity index (χ3n) is 8.21. The fourth-order valence-electron chi connectivity index (χ4n) is 5.97. The van der Waals surface area contributed by atoms with Gasteiger partial charge in [-0.15, -0.1) is 0 Å². The molecule has 1 atom stereocenters. The van der Waals surface area contributed by atoms with Crippen molar-refractivity contribution < 1.29 is 14.0 Å². The third kappa shape index (κ3) is 6.14. The zero-order chi connectivity index (χ0) is 30.8. The van der Waals surface area contributed by atoms with E-state index in [0.717, 1.165) is 46.4 Å². The molecule has 1 saturated heterocycles. The zero-order valence-corrected chi connectivity index (χ0v) is 25.3. The molecule has 226 valence electrons. The van der Waals surface area contributed by atoms with Crippen LogP contribution < -0.4 is 5.32 Å². The molecule has 6 rings (SSSR count). The van der Waals surface area contributed by atoms with Gasteiger partial charge in [-0.05, 0) is 75.8 Å². The zero-order valence-electron chi connectivity index (χ0n) is 25.3. The molecule has 1 unspecified atom stereocenters. The molecular formula is C35H37FN6O2. The van der Waals surface area contributed by atoms with Gasteiger partial charge in [0.15, 0.2) is 0 Å². The highest BCUT2D eigenvalue weighted by Crippen LogP contribution is 2.31. The van der Waals surface area contributed by atoms with E-state index >= 15 is 0 Å². The summed E-state index contributed by atoms with van der Waals surface area (Å²) in [4.78, 5) is 34.8. The van der Waals surface area contributed by atoms with Gasteiger partial charge in [0.2, 0.25) is 5.91 Å². The van der Waals surface area contributed by atoms with Crippen molar-refractivity contribution in [1.82, 2.24) is 29.1 Å². The summed E-state index contributed by atoms with van der Waals surface area (Å²) < 4.78 is 17.8. The van der Waals surface area contributed by atoms with Crippen LogP contribution in [-0.2, 0) is 11.3 Å². The lowest BCUT2D eigenvalue weighted by Crippen LogP contribution is -2.49. The Hall–Kier alpha value is -4.76. The first-order valence-electron chi connectivity index (χ1n) is 15.0. The molecule has 0 bridgehead atoms. The maximum Gasteiger partial charge on any atom is 0.254 e. The normalized spacial score (nSPS) is 15.6. The lowest BCUT2D eigenvalue weighted by atomic mass is 10.0. The molecule has 4 heterocycles. The first kappa shape index (κ1) is 29.3. The third-order valence-corrected chi connectivity index (χ3v) is 8.21. The molecule has 9 heteroatoms. The van der Waals surface area contributed by atoms with Crippen LogP contribution in [0.5, 0.6) is 0 Å². The number of fused-ring (bicyclic) bond motifs is 2. The summed E-state index contributed by atoms with van der Waals surface area (Å²) >= 11 is 0. The number of halogens is 1. The van der Waals surface area contributed by atoms with Gasteiger partial charge in [-0.3, -0.25) is 9.59 Å². The number of likely N-dealkylation sites (tertiary alicyclic amines) is 1. The van der Waals surface area contributed by atoms with Crippen LogP contribution in [0.3, 0.4) is 0 Å². The van der Waals surface area contributed by atoms with Crippen molar-refractivity contribution in [3.05, 3.63) is 108 Å². The van der Waals surface area contributed by atoms with Gasteiger partial charge in [-0.2, -0.15) is 0 Å². The number of nitrogens with one attached hydrogen (secondary N) is 1. The number of nitrogens with zero attached hydrogens (tertiary/aromatic N) is 5. The molecule has 2 aromatic carbocycles. The van der Waals surface area contributed by atoms with E-state index in [-0.39, 0.29) is 23.7 Å². The quantitative estimate of drug-likeness (QED) is 0.249.